The van der Waals surface area contributed by atoms with E-state index in [4.69, 9.17) is 0 Å². The zero-order chi connectivity index (χ0) is 10.5. The second-order valence-corrected chi connectivity index (χ2v) is 4.90. The zero-order valence-corrected chi connectivity index (χ0v) is 9.50. The number of nitrogens with one attached hydrogen (secondary N) is 1. The predicted molar refractivity (Wildman–Crippen MR) is 64.4 cm³/mol. The van der Waals surface area contributed by atoms with Gasteiger partial charge in [0.05, 0.1) is 0 Å². The maximum Gasteiger partial charge on any atom is 0.250 e. The van der Waals surface area contributed by atoms with E-state index in [2.05, 4.69) is 5.32 Å². The summed E-state index contributed by atoms with van der Waals surface area (Å²) in [5, 5.41) is 3.48. The highest BCUT2D eigenvalue weighted by Crippen LogP contribution is 2.16. The molecule has 1 N–H and O–H groups in total. The van der Waals surface area contributed by atoms with Gasteiger partial charge in [0.1, 0.15) is 0 Å². The molecule has 1 unspecified atom stereocenters. The molecule has 0 amide bonds. The van der Waals surface area contributed by atoms with Gasteiger partial charge in [-0.15, -0.1) is 0 Å². The summed E-state index contributed by atoms with van der Waals surface area (Å²) < 4.78 is 1.75. The van der Waals surface area contributed by atoms with Crippen molar-refractivity contribution in [3.63, 3.8) is 0 Å². The third kappa shape index (κ3) is 3.11. The highest BCUT2D eigenvalue weighted by atomic mass is 32.2. The van der Waals surface area contributed by atoms with Crippen LogP contribution in [0.4, 0.5) is 0 Å². The van der Waals surface area contributed by atoms with Crippen LogP contribution < -0.4 is 10.9 Å². The Hall–Kier alpha value is -0.740. The van der Waals surface area contributed by atoms with Gasteiger partial charge >= 0.3 is 0 Å². The first-order chi connectivity index (χ1) is 7.36. The van der Waals surface area contributed by atoms with Crippen molar-refractivity contribution in [3.05, 3.63) is 34.7 Å². The van der Waals surface area contributed by atoms with E-state index in [9.17, 15) is 4.79 Å². The standard InChI is InChI=1S/C11H16N2OS/c14-11-3-1-2-6-13(11)7-5-12-10-4-8-15-9-10/h1-3,6,10,12H,4-5,7-9H2. The van der Waals surface area contributed by atoms with Crippen molar-refractivity contribution in [1.82, 2.24) is 9.88 Å². The lowest BCUT2D eigenvalue weighted by molar-refractivity contribution is 0.516. The smallest absolute Gasteiger partial charge is 0.250 e. The Kier molecular flexibility index (Phi) is 3.86. The second kappa shape index (κ2) is 5.37. The number of nitrogens with zero attached hydrogens (tertiary/aromatic N) is 1. The largest absolute Gasteiger partial charge is 0.314 e. The van der Waals surface area contributed by atoms with Crippen LogP contribution in [-0.2, 0) is 6.54 Å². The molecule has 1 aromatic rings. The summed E-state index contributed by atoms with van der Waals surface area (Å²) in [5.74, 6) is 2.48. The van der Waals surface area contributed by atoms with E-state index in [0.717, 1.165) is 13.1 Å². The van der Waals surface area contributed by atoms with Crippen molar-refractivity contribution in [1.29, 1.82) is 0 Å². The van der Waals surface area contributed by atoms with Gasteiger partial charge in [-0.25, -0.2) is 0 Å². The molecule has 0 aliphatic carbocycles. The van der Waals surface area contributed by atoms with Gasteiger partial charge in [0, 0.05) is 37.1 Å². The molecule has 3 nitrogen and oxygen atoms in total. The first-order valence-electron chi connectivity index (χ1n) is 5.33. The lowest BCUT2D eigenvalue weighted by Gasteiger charge is -2.11. The van der Waals surface area contributed by atoms with Crippen LogP contribution in [0.2, 0.25) is 0 Å². The van der Waals surface area contributed by atoms with Gasteiger partial charge in [0.15, 0.2) is 0 Å². The summed E-state index contributed by atoms with van der Waals surface area (Å²) in [4.78, 5) is 11.4. The van der Waals surface area contributed by atoms with Crippen LogP contribution in [-0.4, -0.2) is 28.7 Å². The normalized spacial score (nSPS) is 20.7. The van der Waals surface area contributed by atoms with Crippen LogP contribution in [0.25, 0.3) is 0 Å². The molecule has 0 radical (unpaired) electrons. The molecule has 0 aromatic carbocycles. The quantitative estimate of drug-likeness (QED) is 0.826. The van der Waals surface area contributed by atoms with Gasteiger partial charge < -0.3 is 9.88 Å². The van der Waals surface area contributed by atoms with E-state index in [1.54, 1.807) is 16.7 Å². The Morgan fingerprint density at radius 1 is 1.53 bits per heavy atom. The van der Waals surface area contributed by atoms with Gasteiger partial charge in [-0.05, 0) is 18.2 Å². The molecule has 1 aliphatic heterocycles. The monoisotopic (exact) mass is 224 g/mol. The van der Waals surface area contributed by atoms with Crippen molar-refractivity contribution >= 4 is 11.8 Å². The minimum absolute atomic E-state index is 0.0834. The molecule has 4 heteroatoms. The average Bonchev–Trinajstić information content (AvgIpc) is 2.74. The Labute approximate surface area is 93.9 Å². The Bertz CT molecular complexity index is 358. The molecule has 1 atom stereocenters. The lowest BCUT2D eigenvalue weighted by Crippen LogP contribution is -2.33. The maximum absolute atomic E-state index is 11.4. The molecule has 2 rings (SSSR count). The average molecular weight is 224 g/mol. The minimum Gasteiger partial charge on any atom is -0.314 e. The molecule has 1 aromatic heterocycles. The van der Waals surface area contributed by atoms with Crippen molar-refractivity contribution in [2.75, 3.05) is 18.1 Å². The molecule has 15 heavy (non-hydrogen) atoms. The Balaban J connectivity index is 1.78. The summed E-state index contributed by atoms with van der Waals surface area (Å²) >= 11 is 2.00. The number of thioether (sulfide) groups is 1. The Morgan fingerprint density at radius 2 is 2.47 bits per heavy atom. The van der Waals surface area contributed by atoms with Crippen LogP contribution in [0.5, 0.6) is 0 Å². The summed E-state index contributed by atoms with van der Waals surface area (Å²) in [7, 11) is 0. The fraction of sp³-hybridized carbons (Fsp3) is 0.545. The number of pyridine rings is 1. The predicted octanol–water partition coefficient (Wildman–Crippen LogP) is 0.943. The SMILES string of the molecule is O=c1ccccn1CCNC1CCSC1. The Morgan fingerprint density at radius 3 is 3.20 bits per heavy atom. The van der Waals surface area contributed by atoms with Crippen LogP contribution in [0.3, 0.4) is 0 Å². The molecule has 0 saturated carbocycles. The fourth-order valence-electron chi connectivity index (χ4n) is 1.73. The number of rotatable bonds is 4. The number of hydrogen-bond donors (Lipinski definition) is 1. The van der Waals surface area contributed by atoms with Crippen LogP contribution in [0, 0.1) is 0 Å². The van der Waals surface area contributed by atoms with E-state index < -0.39 is 0 Å². The topological polar surface area (TPSA) is 34.0 Å². The number of aromatic nitrogens is 1. The molecular formula is C11H16N2OS. The van der Waals surface area contributed by atoms with Gasteiger partial charge in [0.25, 0.3) is 5.56 Å². The van der Waals surface area contributed by atoms with Gasteiger partial charge in [-0.3, -0.25) is 4.79 Å². The van der Waals surface area contributed by atoms with Gasteiger partial charge in [0.2, 0.25) is 0 Å². The van der Waals surface area contributed by atoms with Crippen molar-refractivity contribution in [2.45, 2.75) is 19.0 Å². The summed E-state index contributed by atoms with van der Waals surface area (Å²) in [6, 6.07) is 5.92. The zero-order valence-electron chi connectivity index (χ0n) is 8.69. The van der Waals surface area contributed by atoms with E-state index in [1.807, 2.05) is 24.0 Å². The van der Waals surface area contributed by atoms with Crippen molar-refractivity contribution in [2.24, 2.45) is 0 Å². The summed E-state index contributed by atoms with van der Waals surface area (Å²) in [6.45, 7) is 1.65. The second-order valence-electron chi connectivity index (χ2n) is 3.75. The van der Waals surface area contributed by atoms with Gasteiger partial charge in [-0.2, -0.15) is 11.8 Å². The van der Waals surface area contributed by atoms with Crippen LogP contribution in [0.1, 0.15) is 6.42 Å². The first kappa shape index (κ1) is 10.8. The third-order valence-corrected chi connectivity index (χ3v) is 3.78. The van der Waals surface area contributed by atoms with Crippen molar-refractivity contribution < 1.29 is 0 Å². The molecule has 2 heterocycles. The third-order valence-electron chi connectivity index (χ3n) is 2.61. The first-order valence-corrected chi connectivity index (χ1v) is 6.48. The highest BCUT2D eigenvalue weighted by molar-refractivity contribution is 7.99. The molecule has 0 bridgehead atoms. The maximum atomic E-state index is 11.4. The van der Waals surface area contributed by atoms with Crippen LogP contribution in [0.15, 0.2) is 29.2 Å². The summed E-state index contributed by atoms with van der Waals surface area (Å²) in [6.07, 6.45) is 3.10. The van der Waals surface area contributed by atoms with Crippen LogP contribution >= 0.6 is 11.8 Å². The van der Waals surface area contributed by atoms with E-state index >= 15 is 0 Å². The molecular weight excluding hydrogens is 208 g/mol. The van der Waals surface area contributed by atoms with E-state index in [1.165, 1.54) is 17.9 Å². The highest BCUT2D eigenvalue weighted by Gasteiger charge is 2.13. The van der Waals surface area contributed by atoms with E-state index in [-0.39, 0.29) is 5.56 Å². The summed E-state index contributed by atoms with van der Waals surface area (Å²) in [5.41, 5.74) is 0.0834. The molecule has 1 aliphatic rings. The molecule has 0 spiro atoms. The van der Waals surface area contributed by atoms with E-state index in [0.29, 0.717) is 6.04 Å². The molecule has 1 fully saturated rings. The van der Waals surface area contributed by atoms with Gasteiger partial charge in [-0.1, -0.05) is 6.07 Å². The molecule has 82 valence electrons. The molecule has 1 saturated heterocycles. The number of hydrogen-bond acceptors (Lipinski definition) is 3. The van der Waals surface area contributed by atoms with Crippen molar-refractivity contribution in [3.8, 4) is 0 Å². The fourth-order valence-corrected chi connectivity index (χ4v) is 2.92. The lowest BCUT2D eigenvalue weighted by atomic mass is 10.2. The minimum atomic E-state index is 0.0834.